The Balaban J connectivity index is 1.51. The molecule has 2 aromatic rings. The van der Waals surface area contributed by atoms with Crippen molar-refractivity contribution in [2.24, 2.45) is 0 Å². The van der Waals surface area contributed by atoms with Crippen LogP contribution in [0, 0.1) is 0 Å². The highest BCUT2D eigenvalue weighted by molar-refractivity contribution is 5.78. The van der Waals surface area contributed by atoms with Gasteiger partial charge in [0.15, 0.2) is 0 Å². The van der Waals surface area contributed by atoms with Crippen LogP contribution in [0.3, 0.4) is 0 Å². The van der Waals surface area contributed by atoms with E-state index in [1.54, 1.807) is 23.1 Å². The van der Waals surface area contributed by atoms with Crippen LogP contribution in [0.1, 0.15) is 19.3 Å². The molecule has 0 aliphatic carbocycles. The largest absolute Gasteiger partial charge is 0.354 e. The van der Waals surface area contributed by atoms with Gasteiger partial charge in [0, 0.05) is 25.8 Å². The lowest BCUT2D eigenvalue weighted by atomic mass is 10.2. The summed E-state index contributed by atoms with van der Waals surface area (Å²) >= 11 is 0. The molecule has 1 amide bonds. The summed E-state index contributed by atoms with van der Waals surface area (Å²) in [7, 11) is 0. The van der Waals surface area contributed by atoms with E-state index in [1.165, 1.54) is 36.8 Å². The molecule has 1 saturated heterocycles. The first kappa shape index (κ1) is 15.7. The van der Waals surface area contributed by atoms with Gasteiger partial charge >= 0.3 is 0 Å². The molecule has 0 radical (unpaired) electrons. The van der Waals surface area contributed by atoms with E-state index in [4.69, 9.17) is 0 Å². The van der Waals surface area contributed by atoms with Crippen LogP contribution in [-0.2, 0) is 11.3 Å². The fraction of sp³-hybridized carbons (Fsp3) is 0.471. The van der Waals surface area contributed by atoms with E-state index in [-0.39, 0.29) is 18.0 Å². The molecule has 1 aromatic heterocycles. The van der Waals surface area contributed by atoms with E-state index in [1.807, 2.05) is 6.07 Å². The van der Waals surface area contributed by atoms with E-state index >= 15 is 0 Å². The van der Waals surface area contributed by atoms with E-state index in [0.29, 0.717) is 17.4 Å². The lowest BCUT2D eigenvalue weighted by Crippen LogP contribution is -3.10. The topological polar surface area (TPSA) is 68.4 Å². The van der Waals surface area contributed by atoms with Crippen molar-refractivity contribution in [3.63, 3.8) is 0 Å². The second-order valence-electron chi connectivity index (χ2n) is 6.11. The molecular formula is C17H23N4O2+. The van der Waals surface area contributed by atoms with Crippen LogP contribution in [0.25, 0.3) is 10.9 Å². The molecule has 0 atom stereocenters. The third kappa shape index (κ3) is 3.96. The number of para-hydroxylation sites is 1. The lowest BCUT2D eigenvalue weighted by molar-refractivity contribution is -0.887. The normalized spacial score (nSPS) is 15.1. The van der Waals surface area contributed by atoms with E-state index in [2.05, 4.69) is 10.3 Å². The Morgan fingerprint density at radius 1 is 1.26 bits per heavy atom. The summed E-state index contributed by atoms with van der Waals surface area (Å²) in [6.07, 6.45) is 5.06. The van der Waals surface area contributed by atoms with Gasteiger partial charge in [0.2, 0.25) is 5.91 Å². The summed E-state index contributed by atoms with van der Waals surface area (Å²) in [5.41, 5.74) is 0.481. The second kappa shape index (κ2) is 7.37. The minimum absolute atomic E-state index is 0.0211. The van der Waals surface area contributed by atoms with E-state index < -0.39 is 0 Å². The zero-order valence-electron chi connectivity index (χ0n) is 13.3. The molecule has 6 heteroatoms. The summed E-state index contributed by atoms with van der Waals surface area (Å²) < 4.78 is 1.36. The Hall–Kier alpha value is -2.21. The molecule has 2 heterocycles. The monoisotopic (exact) mass is 315 g/mol. The Kier molecular flexibility index (Phi) is 5.02. The number of quaternary nitrogens is 1. The molecule has 122 valence electrons. The number of nitrogens with zero attached hydrogens (tertiary/aromatic N) is 2. The van der Waals surface area contributed by atoms with Crippen molar-refractivity contribution in [1.29, 1.82) is 0 Å². The first-order valence-corrected chi connectivity index (χ1v) is 8.28. The van der Waals surface area contributed by atoms with Gasteiger partial charge in [-0.25, -0.2) is 4.98 Å². The minimum atomic E-state index is -0.174. The first-order valence-electron chi connectivity index (χ1n) is 8.28. The van der Waals surface area contributed by atoms with E-state index in [0.717, 1.165) is 13.0 Å². The highest BCUT2D eigenvalue weighted by atomic mass is 16.2. The van der Waals surface area contributed by atoms with Crippen molar-refractivity contribution >= 4 is 16.8 Å². The van der Waals surface area contributed by atoms with Gasteiger partial charge in [-0.05, 0) is 12.1 Å². The van der Waals surface area contributed by atoms with Crippen molar-refractivity contribution in [1.82, 2.24) is 14.9 Å². The van der Waals surface area contributed by atoms with Gasteiger partial charge in [-0.15, -0.1) is 0 Å². The minimum Gasteiger partial charge on any atom is -0.354 e. The fourth-order valence-corrected chi connectivity index (χ4v) is 3.12. The van der Waals surface area contributed by atoms with Crippen molar-refractivity contribution in [3.8, 4) is 0 Å². The third-order valence-corrected chi connectivity index (χ3v) is 4.39. The summed E-state index contributed by atoms with van der Waals surface area (Å²) in [5, 5.41) is 3.43. The summed E-state index contributed by atoms with van der Waals surface area (Å²) in [4.78, 5) is 30.2. The van der Waals surface area contributed by atoms with Crippen molar-refractivity contribution in [2.75, 3.05) is 26.2 Å². The number of hydrogen-bond acceptors (Lipinski definition) is 3. The van der Waals surface area contributed by atoms with E-state index in [9.17, 15) is 9.59 Å². The molecule has 0 spiro atoms. The average Bonchev–Trinajstić information content (AvgIpc) is 3.08. The number of carbonyl (C=O) groups excluding carboxylic acids is 1. The van der Waals surface area contributed by atoms with Crippen molar-refractivity contribution in [3.05, 3.63) is 40.9 Å². The molecule has 3 rings (SSSR count). The Morgan fingerprint density at radius 3 is 2.87 bits per heavy atom. The van der Waals surface area contributed by atoms with Gasteiger partial charge in [-0.3, -0.25) is 14.2 Å². The van der Waals surface area contributed by atoms with Crippen LogP contribution >= 0.6 is 0 Å². The van der Waals surface area contributed by atoms with Crippen LogP contribution < -0.4 is 15.8 Å². The molecular weight excluding hydrogens is 292 g/mol. The number of hydrogen-bond donors (Lipinski definition) is 2. The Morgan fingerprint density at radius 2 is 2.04 bits per heavy atom. The summed E-state index contributed by atoms with van der Waals surface area (Å²) in [6, 6.07) is 7.17. The number of benzene rings is 1. The number of amides is 1. The second-order valence-corrected chi connectivity index (χ2v) is 6.11. The number of likely N-dealkylation sites (tertiary alicyclic amines) is 1. The number of nitrogens with one attached hydrogen (secondary N) is 2. The van der Waals surface area contributed by atoms with Crippen LogP contribution in [-0.4, -0.2) is 41.6 Å². The zero-order chi connectivity index (χ0) is 16.1. The highest BCUT2D eigenvalue weighted by Crippen LogP contribution is 2.04. The molecule has 23 heavy (non-hydrogen) atoms. The molecule has 0 unspecified atom stereocenters. The van der Waals surface area contributed by atoms with Crippen LogP contribution in [0.15, 0.2) is 35.4 Å². The summed E-state index contributed by atoms with van der Waals surface area (Å²) in [5.74, 6) is -0.138. The van der Waals surface area contributed by atoms with Gasteiger partial charge in [0.1, 0.15) is 6.54 Å². The molecule has 0 bridgehead atoms. The molecule has 1 aromatic carbocycles. The maximum absolute atomic E-state index is 12.3. The number of aromatic nitrogens is 2. The SMILES string of the molecule is O=C(Cn1cnc2ccccc2c1=O)NCCC[NH+]1CCCC1. The third-order valence-electron chi connectivity index (χ3n) is 4.39. The van der Waals surface area contributed by atoms with Gasteiger partial charge in [-0.2, -0.15) is 0 Å². The van der Waals surface area contributed by atoms with Gasteiger partial charge in [-0.1, -0.05) is 12.1 Å². The predicted molar refractivity (Wildman–Crippen MR) is 88.4 cm³/mol. The van der Waals surface area contributed by atoms with Crippen molar-refractivity contribution in [2.45, 2.75) is 25.8 Å². The molecule has 1 aliphatic heterocycles. The lowest BCUT2D eigenvalue weighted by Gasteiger charge is -2.12. The standard InChI is InChI=1S/C17H22N4O2/c22-16(18-8-5-11-20-9-3-4-10-20)12-21-13-19-15-7-2-1-6-14(15)17(21)23/h1-2,6-7,13H,3-5,8-12H2,(H,18,22)/p+1. The maximum Gasteiger partial charge on any atom is 0.261 e. The van der Waals surface area contributed by atoms with Gasteiger partial charge < -0.3 is 10.2 Å². The highest BCUT2D eigenvalue weighted by Gasteiger charge is 2.14. The van der Waals surface area contributed by atoms with Crippen LogP contribution in [0.5, 0.6) is 0 Å². The summed E-state index contributed by atoms with van der Waals surface area (Å²) in [6.45, 7) is 4.31. The Labute approximate surface area is 135 Å². The van der Waals surface area contributed by atoms with Crippen LogP contribution in [0.2, 0.25) is 0 Å². The zero-order valence-corrected chi connectivity index (χ0v) is 13.3. The quantitative estimate of drug-likeness (QED) is 0.712. The fourth-order valence-electron chi connectivity index (χ4n) is 3.12. The molecule has 2 N–H and O–H groups in total. The predicted octanol–water partition coefficient (Wildman–Crippen LogP) is -0.418. The molecule has 6 nitrogen and oxygen atoms in total. The van der Waals surface area contributed by atoms with Gasteiger partial charge in [0.05, 0.1) is 36.9 Å². The smallest absolute Gasteiger partial charge is 0.261 e. The number of rotatable bonds is 6. The van der Waals surface area contributed by atoms with Crippen molar-refractivity contribution < 1.29 is 9.69 Å². The Bertz CT molecular complexity index is 735. The maximum atomic E-state index is 12.3. The average molecular weight is 315 g/mol. The molecule has 1 fully saturated rings. The first-order chi connectivity index (χ1) is 11.2. The molecule has 0 saturated carbocycles. The van der Waals surface area contributed by atoms with Crippen LogP contribution in [0.4, 0.5) is 0 Å². The number of fused-ring (bicyclic) bond motifs is 1. The number of carbonyl (C=O) groups is 1. The van der Waals surface area contributed by atoms with Gasteiger partial charge in [0.25, 0.3) is 5.56 Å². The molecule has 1 aliphatic rings.